The number of benzene rings is 1. The largest absolute Gasteiger partial charge is 0.496 e. The lowest BCUT2D eigenvalue weighted by atomic mass is 9.93. The van der Waals surface area contributed by atoms with Gasteiger partial charge in [0.1, 0.15) is 5.75 Å². The molecule has 0 spiro atoms. The predicted octanol–water partition coefficient (Wildman–Crippen LogP) is 2.71. The first-order valence-electron chi connectivity index (χ1n) is 5.34. The summed E-state index contributed by atoms with van der Waals surface area (Å²) in [4.78, 5) is 0. The molecule has 0 aromatic heterocycles. The minimum Gasteiger partial charge on any atom is -0.496 e. The number of hydrogen-bond donors (Lipinski definition) is 1. The van der Waals surface area contributed by atoms with Crippen molar-refractivity contribution in [3.8, 4) is 5.75 Å². The SMILES string of the molecule is CCC(C)(O)Cc1cc(C)ccc1OC. The molecule has 0 saturated carbocycles. The number of aliphatic hydroxyl groups is 1. The van der Waals surface area contributed by atoms with Crippen molar-refractivity contribution in [3.05, 3.63) is 29.3 Å². The molecular formula is C13H20O2. The van der Waals surface area contributed by atoms with E-state index in [1.807, 2.05) is 32.9 Å². The van der Waals surface area contributed by atoms with Gasteiger partial charge in [0.25, 0.3) is 0 Å². The third kappa shape index (κ3) is 3.24. The Labute approximate surface area is 91.9 Å². The van der Waals surface area contributed by atoms with Gasteiger partial charge in [-0.2, -0.15) is 0 Å². The van der Waals surface area contributed by atoms with E-state index in [2.05, 4.69) is 6.07 Å². The zero-order valence-corrected chi connectivity index (χ0v) is 10.0. The van der Waals surface area contributed by atoms with Crippen LogP contribution in [-0.4, -0.2) is 17.8 Å². The Morgan fingerprint density at radius 1 is 1.40 bits per heavy atom. The number of hydrogen-bond acceptors (Lipinski definition) is 2. The summed E-state index contributed by atoms with van der Waals surface area (Å²) in [6.07, 6.45) is 1.37. The highest BCUT2D eigenvalue weighted by Gasteiger charge is 2.20. The van der Waals surface area contributed by atoms with E-state index < -0.39 is 5.60 Å². The Morgan fingerprint density at radius 2 is 2.07 bits per heavy atom. The fraction of sp³-hybridized carbons (Fsp3) is 0.538. The maximum atomic E-state index is 10.0. The van der Waals surface area contributed by atoms with Crippen molar-refractivity contribution >= 4 is 0 Å². The van der Waals surface area contributed by atoms with E-state index in [4.69, 9.17) is 4.74 Å². The van der Waals surface area contributed by atoms with Crippen LogP contribution in [0.5, 0.6) is 5.75 Å². The van der Waals surface area contributed by atoms with Crippen LogP contribution in [0.4, 0.5) is 0 Å². The van der Waals surface area contributed by atoms with Crippen molar-refractivity contribution in [1.29, 1.82) is 0 Å². The summed E-state index contributed by atoms with van der Waals surface area (Å²) in [5.74, 6) is 0.856. The summed E-state index contributed by atoms with van der Waals surface area (Å²) in [6.45, 7) is 5.89. The number of rotatable bonds is 4. The monoisotopic (exact) mass is 208 g/mol. The standard InChI is InChI=1S/C13H20O2/c1-5-13(3,14)9-11-8-10(2)6-7-12(11)15-4/h6-8,14H,5,9H2,1-4H3. The van der Waals surface area contributed by atoms with Gasteiger partial charge < -0.3 is 9.84 Å². The second-order valence-electron chi connectivity index (χ2n) is 4.34. The van der Waals surface area contributed by atoms with Crippen LogP contribution in [0.3, 0.4) is 0 Å². The van der Waals surface area contributed by atoms with E-state index in [1.165, 1.54) is 5.56 Å². The summed E-state index contributed by atoms with van der Waals surface area (Å²) in [7, 11) is 1.66. The second-order valence-corrected chi connectivity index (χ2v) is 4.34. The molecule has 0 heterocycles. The van der Waals surface area contributed by atoms with Crippen molar-refractivity contribution in [2.75, 3.05) is 7.11 Å². The molecule has 0 fully saturated rings. The maximum absolute atomic E-state index is 10.0. The summed E-state index contributed by atoms with van der Waals surface area (Å²) < 4.78 is 5.28. The van der Waals surface area contributed by atoms with Gasteiger partial charge in [-0.15, -0.1) is 0 Å². The summed E-state index contributed by atoms with van der Waals surface area (Å²) >= 11 is 0. The molecular weight excluding hydrogens is 188 g/mol. The van der Waals surface area contributed by atoms with Gasteiger partial charge in [0.15, 0.2) is 0 Å². The molecule has 0 aliphatic heterocycles. The topological polar surface area (TPSA) is 29.5 Å². The zero-order chi connectivity index (χ0) is 11.5. The van der Waals surface area contributed by atoms with Crippen LogP contribution in [0.1, 0.15) is 31.4 Å². The fourth-order valence-corrected chi connectivity index (χ4v) is 1.58. The maximum Gasteiger partial charge on any atom is 0.122 e. The van der Waals surface area contributed by atoms with E-state index in [9.17, 15) is 5.11 Å². The first-order valence-corrected chi connectivity index (χ1v) is 5.34. The molecule has 1 unspecified atom stereocenters. The highest BCUT2D eigenvalue weighted by atomic mass is 16.5. The minimum atomic E-state index is -0.652. The average molecular weight is 208 g/mol. The smallest absolute Gasteiger partial charge is 0.122 e. The zero-order valence-electron chi connectivity index (χ0n) is 10.0. The Balaban J connectivity index is 2.97. The molecule has 0 bridgehead atoms. The van der Waals surface area contributed by atoms with Gasteiger partial charge in [0, 0.05) is 6.42 Å². The van der Waals surface area contributed by atoms with Gasteiger partial charge in [-0.3, -0.25) is 0 Å². The van der Waals surface area contributed by atoms with E-state index in [1.54, 1.807) is 7.11 Å². The molecule has 84 valence electrons. The first kappa shape index (κ1) is 12.1. The highest BCUT2D eigenvalue weighted by molar-refractivity contribution is 5.37. The quantitative estimate of drug-likeness (QED) is 0.824. The lowest BCUT2D eigenvalue weighted by molar-refractivity contribution is 0.0558. The summed E-state index contributed by atoms with van der Waals surface area (Å²) in [5, 5.41) is 10.0. The van der Waals surface area contributed by atoms with Crippen LogP contribution < -0.4 is 4.74 Å². The first-order chi connectivity index (χ1) is 6.98. The molecule has 0 saturated heterocycles. The summed E-state index contributed by atoms with van der Waals surface area (Å²) in [5.41, 5.74) is 1.61. The third-order valence-corrected chi connectivity index (χ3v) is 2.77. The van der Waals surface area contributed by atoms with Crippen molar-refractivity contribution in [3.63, 3.8) is 0 Å². The molecule has 0 amide bonds. The van der Waals surface area contributed by atoms with Gasteiger partial charge in [0.05, 0.1) is 12.7 Å². The third-order valence-electron chi connectivity index (χ3n) is 2.77. The van der Waals surface area contributed by atoms with Crippen LogP contribution in [0.2, 0.25) is 0 Å². The number of ether oxygens (including phenoxy) is 1. The van der Waals surface area contributed by atoms with Gasteiger partial charge >= 0.3 is 0 Å². The van der Waals surface area contributed by atoms with Crippen molar-refractivity contribution in [2.24, 2.45) is 0 Å². The molecule has 0 aliphatic rings. The van der Waals surface area contributed by atoms with Gasteiger partial charge in [-0.25, -0.2) is 0 Å². The Kier molecular flexibility index (Phi) is 3.75. The summed E-state index contributed by atoms with van der Waals surface area (Å²) in [6, 6.07) is 6.04. The number of methoxy groups -OCH3 is 1. The van der Waals surface area contributed by atoms with E-state index >= 15 is 0 Å². The molecule has 1 aromatic carbocycles. The highest BCUT2D eigenvalue weighted by Crippen LogP contribution is 2.25. The lowest BCUT2D eigenvalue weighted by Gasteiger charge is -2.22. The fourth-order valence-electron chi connectivity index (χ4n) is 1.58. The molecule has 2 heteroatoms. The predicted molar refractivity (Wildman–Crippen MR) is 62.3 cm³/mol. The normalized spacial score (nSPS) is 14.7. The molecule has 1 atom stereocenters. The van der Waals surface area contributed by atoms with E-state index in [0.29, 0.717) is 6.42 Å². The van der Waals surface area contributed by atoms with Crippen LogP contribution in [-0.2, 0) is 6.42 Å². The Morgan fingerprint density at radius 3 is 2.60 bits per heavy atom. The van der Waals surface area contributed by atoms with Crippen LogP contribution >= 0.6 is 0 Å². The van der Waals surface area contributed by atoms with Crippen molar-refractivity contribution in [1.82, 2.24) is 0 Å². The molecule has 0 aliphatic carbocycles. The molecule has 1 N–H and O–H groups in total. The molecule has 1 rings (SSSR count). The van der Waals surface area contributed by atoms with Gasteiger partial charge in [0.2, 0.25) is 0 Å². The van der Waals surface area contributed by atoms with Crippen LogP contribution in [0.25, 0.3) is 0 Å². The Hall–Kier alpha value is -1.02. The lowest BCUT2D eigenvalue weighted by Crippen LogP contribution is -2.26. The van der Waals surface area contributed by atoms with Gasteiger partial charge in [-0.05, 0) is 31.9 Å². The van der Waals surface area contributed by atoms with Crippen molar-refractivity contribution < 1.29 is 9.84 Å². The molecule has 2 nitrogen and oxygen atoms in total. The average Bonchev–Trinajstić information content (AvgIpc) is 2.18. The van der Waals surface area contributed by atoms with Crippen LogP contribution in [0.15, 0.2) is 18.2 Å². The molecule has 15 heavy (non-hydrogen) atoms. The number of aryl methyl sites for hydroxylation is 1. The van der Waals surface area contributed by atoms with Crippen molar-refractivity contribution in [2.45, 2.75) is 39.2 Å². The van der Waals surface area contributed by atoms with Gasteiger partial charge in [-0.1, -0.05) is 24.6 Å². The second kappa shape index (κ2) is 4.67. The van der Waals surface area contributed by atoms with E-state index in [0.717, 1.165) is 17.7 Å². The minimum absolute atomic E-state index is 0.633. The Bertz CT molecular complexity index is 329. The van der Waals surface area contributed by atoms with Crippen LogP contribution in [0, 0.1) is 6.92 Å². The van der Waals surface area contributed by atoms with E-state index in [-0.39, 0.29) is 0 Å². The molecule has 1 aromatic rings. The molecule has 0 radical (unpaired) electrons.